The molecule has 1 amide bonds. The second-order valence-corrected chi connectivity index (χ2v) is 6.61. The van der Waals surface area contributed by atoms with Crippen LogP contribution in [0.2, 0.25) is 0 Å². The highest BCUT2D eigenvalue weighted by molar-refractivity contribution is 6.07. The number of pyridine rings is 1. The Labute approximate surface area is 139 Å². The first-order chi connectivity index (χ1) is 11.6. The highest BCUT2D eigenvalue weighted by atomic mass is 16.4. The Balaban J connectivity index is 1.73. The van der Waals surface area contributed by atoms with Gasteiger partial charge in [0, 0.05) is 17.6 Å². The number of fused-ring (bicyclic) bond motifs is 2. The normalized spacial score (nSPS) is 17.9. The smallest absolute Gasteiger partial charge is 0.354 e. The molecule has 1 aromatic carbocycles. The van der Waals surface area contributed by atoms with Gasteiger partial charge >= 0.3 is 5.97 Å². The van der Waals surface area contributed by atoms with Crippen molar-refractivity contribution >= 4 is 17.6 Å². The van der Waals surface area contributed by atoms with Crippen LogP contribution in [0.4, 0.5) is 5.69 Å². The third-order valence-corrected chi connectivity index (χ3v) is 5.22. The number of anilines is 1. The van der Waals surface area contributed by atoms with Gasteiger partial charge in [-0.05, 0) is 36.6 Å². The van der Waals surface area contributed by atoms with E-state index in [1.165, 1.54) is 24.5 Å². The van der Waals surface area contributed by atoms with Crippen molar-refractivity contribution < 1.29 is 14.7 Å². The Hall–Kier alpha value is -2.69. The summed E-state index contributed by atoms with van der Waals surface area (Å²) in [6, 6.07) is 12.6. The molecular formula is C19H18N2O3. The van der Waals surface area contributed by atoms with Crippen molar-refractivity contribution in [3.63, 3.8) is 0 Å². The van der Waals surface area contributed by atoms with Gasteiger partial charge in [0.25, 0.3) is 5.91 Å². The van der Waals surface area contributed by atoms with Crippen molar-refractivity contribution in [2.45, 2.75) is 31.1 Å². The van der Waals surface area contributed by atoms with Gasteiger partial charge in [-0.15, -0.1) is 0 Å². The second-order valence-electron chi connectivity index (χ2n) is 6.61. The van der Waals surface area contributed by atoms with Crippen LogP contribution < -0.4 is 4.90 Å². The standard InChI is InChI=1S/C19H18N2O3/c22-17(14-7-5-8-15(20-14)18(23)24)21-12-19(10-3-4-11-19)13-6-1-2-9-16(13)21/h1-2,5-9H,3-4,10-12H2,(H,23,24). The summed E-state index contributed by atoms with van der Waals surface area (Å²) in [5.74, 6) is -1.35. The van der Waals surface area contributed by atoms with Crippen LogP contribution in [0.25, 0.3) is 0 Å². The van der Waals surface area contributed by atoms with Gasteiger partial charge in [-0.3, -0.25) is 4.79 Å². The zero-order valence-corrected chi connectivity index (χ0v) is 13.2. The largest absolute Gasteiger partial charge is 0.477 e. The summed E-state index contributed by atoms with van der Waals surface area (Å²) in [7, 11) is 0. The molecule has 1 N–H and O–H groups in total. The molecule has 0 bridgehead atoms. The highest BCUT2D eigenvalue weighted by Gasteiger charge is 2.46. The number of amides is 1. The number of para-hydroxylation sites is 1. The van der Waals surface area contributed by atoms with E-state index in [2.05, 4.69) is 11.1 Å². The van der Waals surface area contributed by atoms with E-state index in [4.69, 9.17) is 5.11 Å². The van der Waals surface area contributed by atoms with Crippen LogP contribution in [-0.2, 0) is 5.41 Å². The Bertz CT molecular complexity index is 825. The highest BCUT2D eigenvalue weighted by Crippen LogP contribution is 2.50. The van der Waals surface area contributed by atoms with E-state index in [9.17, 15) is 9.59 Å². The van der Waals surface area contributed by atoms with Crippen molar-refractivity contribution in [1.82, 2.24) is 4.98 Å². The maximum absolute atomic E-state index is 13.0. The second kappa shape index (κ2) is 5.44. The Morgan fingerprint density at radius 1 is 1.00 bits per heavy atom. The molecule has 24 heavy (non-hydrogen) atoms. The number of carbonyl (C=O) groups is 2. The van der Waals surface area contributed by atoms with E-state index in [0.717, 1.165) is 18.5 Å². The number of hydrogen-bond donors (Lipinski definition) is 1. The summed E-state index contributed by atoms with van der Waals surface area (Å²) >= 11 is 0. The van der Waals surface area contributed by atoms with Crippen molar-refractivity contribution in [2.75, 3.05) is 11.4 Å². The fourth-order valence-corrected chi connectivity index (χ4v) is 4.10. The molecule has 1 saturated carbocycles. The van der Waals surface area contributed by atoms with E-state index in [1.54, 1.807) is 17.0 Å². The van der Waals surface area contributed by atoms with E-state index in [0.29, 0.717) is 6.54 Å². The van der Waals surface area contributed by atoms with Gasteiger partial charge in [0.15, 0.2) is 0 Å². The Morgan fingerprint density at radius 2 is 1.71 bits per heavy atom. The minimum atomic E-state index is -1.13. The molecule has 4 rings (SSSR count). The molecule has 5 heteroatoms. The average molecular weight is 322 g/mol. The lowest BCUT2D eigenvalue weighted by atomic mass is 9.81. The number of nitrogens with zero attached hydrogens (tertiary/aromatic N) is 2. The average Bonchev–Trinajstić information content (AvgIpc) is 3.21. The molecule has 2 aromatic rings. The Morgan fingerprint density at radius 3 is 2.46 bits per heavy atom. The van der Waals surface area contributed by atoms with Gasteiger partial charge < -0.3 is 10.0 Å². The van der Waals surface area contributed by atoms with Crippen molar-refractivity contribution in [3.05, 3.63) is 59.4 Å². The molecule has 2 heterocycles. The molecule has 0 unspecified atom stereocenters. The van der Waals surface area contributed by atoms with Gasteiger partial charge in [-0.1, -0.05) is 37.1 Å². The summed E-state index contributed by atoms with van der Waals surface area (Å²) in [6.07, 6.45) is 4.55. The molecule has 1 aliphatic carbocycles. The summed E-state index contributed by atoms with van der Waals surface area (Å²) in [5, 5.41) is 9.09. The molecule has 0 radical (unpaired) electrons. The van der Waals surface area contributed by atoms with Crippen LogP contribution in [0, 0.1) is 0 Å². The fourth-order valence-electron chi connectivity index (χ4n) is 4.10. The number of hydrogen-bond acceptors (Lipinski definition) is 3. The lowest BCUT2D eigenvalue weighted by molar-refractivity contribution is 0.0690. The van der Waals surface area contributed by atoms with Crippen molar-refractivity contribution in [3.8, 4) is 0 Å². The quantitative estimate of drug-likeness (QED) is 0.921. The van der Waals surface area contributed by atoms with Crippen LogP contribution in [0.15, 0.2) is 42.5 Å². The molecule has 0 atom stereocenters. The fraction of sp³-hybridized carbons (Fsp3) is 0.316. The first-order valence-electron chi connectivity index (χ1n) is 8.22. The minimum Gasteiger partial charge on any atom is -0.477 e. The molecular weight excluding hydrogens is 304 g/mol. The summed E-state index contributed by atoms with van der Waals surface area (Å²) in [4.78, 5) is 29.9. The molecule has 0 saturated heterocycles. The molecule has 122 valence electrons. The topological polar surface area (TPSA) is 70.5 Å². The van der Waals surface area contributed by atoms with Crippen LogP contribution in [0.1, 0.15) is 52.2 Å². The predicted octanol–water partition coefficient (Wildman–Crippen LogP) is 3.25. The van der Waals surface area contributed by atoms with E-state index in [-0.39, 0.29) is 22.7 Å². The molecule has 1 spiro atoms. The minimum absolute atomic E-state index is 0.0522. The van der Waals surface area contributed by atoms with Gasteiger partial charge in [-0.25, -0.2) is 9.78 Å². The van der Waals surface area contributed by atoms with Gasteiger partial charge in [0.2, 0.25) is 0 Å². The number of carboxylic acid groups (broad SMARTS) is 1. The van der Waals surface area contributed by atoms with Gasteiger partial charge in [0.05, 0.1) is 0 Å². The molecule has 1 aromatic heterocycles. The third-order valence-electron chi connectivity index (χ3n) is 5.22. The van der Waals surface area contributed by atoms with Crippen LogP contribution in [-0.4, -0.2) is 28.5 Å². The monoisotopic (exact) mass is 322 g/mol. The maximum atomic E-state index is 13.0. The van der Waals surface area contributed by atoms with Gasteiger partial charge in [-0.2, -0.15) is 0 Å². The zero-order chi connectivity index (χ0) is 16.7. The number of carbonyl (C=O) groups excluding carboxylic acids is 1. The molecule has 1 fully saturated rings. The molecule has 5 nitrogen and oxygen atoms in total. The molecule has 2 aliphatic rings. The van der Waals surface area contributed by atoms with Crippen LogP contribution in [0.3, 0.4) is 0 Å². The van der Waals surface area contributed by atoms with Crippen LogP contribution >= 0.6 is 0 Å². The SMILES string of the molecule is O=C(O)c1cccc(C(=O)N2CC3(CCCC3)c3ccccc32)n1. The lowest BCUT2D eigenvalue weighted by Gasteiger charge is -2.24. The first-order valence-corrected chi connectivity index (χ1v) is 8.22. The summed E-state index contributed by atoms with van der Waals surface area (Å²) in [5.41, 5.74) is 2.30. The zero-order valence-electron chi connectivity index (χ0n) is 13.2. The van der Waals surface area contributed by atoms with Crippen LogP contribution in [0.5, 0.6) is 0 Å². The number of carboxylic acids is 1. The predicted molar refractivity (Wildman–Crippen MR) is 89.5 cm³/mol. The van der Waals surface area contributed by atoms with Gasteiger partial charge in [0.1, 0.15) is 11.4 Å². The Kier molecular flexibility index (Phi) is 3.37. The maximum Gasteiger partial charge on any atom is 0.354 e. The summed E-state index contributed by atoms with van der Waals surface area (Å²) in [6.45, 7) is 0.657. The summed E-state index contributed by atoms with van der Waals surface area (Å²) < 4.78 is 0. The van der Waals surface area contributed by atoms with Crippen molar-refractivity contribution in [2.24, 2.45) is 0 Å². The number of rotatable bonds is 2. The third kappa shape index (κ3) is 2.19. The van der Waals surface area contributed by atoms with Crippen molar-refractivity contribution in [1.29, 1.82) is 0 Å². The van der Waals surface area contributed by atoms with E-state index >= 15 is 0 Å². The number of benzene rings is 1. The van der Waals surface area contributed by atoms with E-state index in [1.807, 2.05) is 18.2 Å². The number of aromatic nitrogens is 1. The lowest BCUT2D eigenvalue weighted by Crippen LogP contribution is -2.36. The first kappa shape index (κ1) is 14.9. The molecule has 1 aliphatic heterocycles. The number of aromatic carboxylic acids is 1. The van der Waals surface area contributed by atoms with E-state index < -0.39 is 5.97 Å².